The first kappa shape index (κ1) is 12.2. The van der Waals surface area contributed by atoms with Gasteiger partial charge < -0.3 is 15.0 Å². The fraction of sp³-hybridized carbons (Fsp3) is 0.571. The maximum absolute atomic E-state index is 5.46. The van der Waals surface area contributed by atoms with Crippen molar-refractivity contribution in [3.63, 3.8) is 0 Å². The van der Waals surface area contributed by atoms with Crippen LogP contribution in [0.15, 0.2) is 24.3 Å². The molecule has 2 rings (SSSR count). The zero-order valence-corrected chi connectivity index (χ0v) is 11.0. The monoisotopic (exact) mass is 234 g/mol. The van der Waals surface area contributed by atoms with E-state index < -0.39 is 0 Å². The molecule has 1 saturated heterocycles. The molecule has 0 atom stereocenters. The van der Waals surface area contributed by atoms with Crippen LogP contribution in [0.5, 0.6) is 5.75 Å². The summed E-state index contributed by atoms with van der Waals surface area (Å²) in [7, 11) is 0. The van der Waals surface area contributed by atoms with E-state index in [1.54, 1.807) is 0 Å². The highest BCUT2D eigenvalue weighted by Crippen LogP contribution is 2.22. The third-order valence-corrected chi connectivity index (χ3v) is 3.08. The van der Waals surface area contributed by atoms with Gasteiger partial charge in [-0.2, -0.15) is 0 Å². The summed E-state index contributed by atoms with van der Waals surface area (Å²) in [5, 5.41) is 3.52. The Bertz CT molecular complexity index is 359. The molecule has 0 amide bonds. The van der Waals surface area contributed by atoms with E-state index in [0.29, 0.717) is 0 Å². The molecule has 3 heteroatoms. The van der Waals surface area contributed by atoms with E-state index in [1.807, 2.05) is 19.1 Å². The molecule has 0 aromatic heterocycles. The topological polar surface area (TPSA) is 24.5 Å². The minimum absolute atomic E-state index is 0.191. The predicted octanol–water partition coefficient (Wildman–Crippen LogP) is 2.27. The summed E-state index contributed by atoms with van der Waals surface area (Å²) < 4.78 is 5.46. The van der Waals surface area contributed by atoms with Crippen molar-refractivity contribution in [2.24, 2.45) is 0 Å². The molecule has 1 aromatic rings. The Morgan fingerprint density at radius 2 is 2.00 bits per heavy atom. The van der Waals surface area contributed by atoms with Gasteiger partial charge in [-0.05, 0) is 45.0 Å². The highest BCUT2D eigenvalue weighted by molar-refractivity contribution is 5.50. The number of nitrogens with zero attached hydrogens (tertiary/aromatic N) is 1. The van der Waals surface area contributed by atoms with E-state index in [1.165, 1.54) is 5.69 Å². The molecule has 94 valence electrons. The molecule has 17 heavy (non-hydrogen) atoms. The lowest BCUT2D eigenvalue weighted by Crippen LogP contribution is -2.57. The zero-order chi connectivity index (χ0) is 12.3. The van der Waals surface area contributed by atoms with E-state index in [0.717, 1.165) is 32.0 Å². The summed E-state index contributed by atoms with van der Waals surface area (Å²) in [6.45, 7) is 10.4. The van der Waals surface area contributed by atoms with Crippen molar-refractivity contribution in [1.29, 1.82) is 0 Å². The first-order chi connectivity index (χ1) is 8.11. The molecule has 0 aliphatic carbocycles. The molecular formula is C14H22N2O. The van der Waals surface area contributed by atoms with Gasteiger partial charge in [-0.15, -0.1) is 0 Å². The van der Waals surface area contributed by atoms with Crippen molar-refractivity contribution in [1.82, 2.24) is 5.32 Å². The van der Waals surface area contributed by atoms with Crippen LogP contribution in [0.25, 0.3) is 0 Å². The third-order valence-electron chi connectivity index (χ3n) is 3.08. The first-order valence-corrected chi connectivity index (χ1v) is 6.33. The Kier molecular flexibility index (Phi) is 3.57. The highest BCUT2D eigenvalue weighted by atomic mass is 16.5. The third kappa shape index (κ3) is 3.13. The molecule has 1 fully saturated rings. The second kappa shape index (κ2) is 4.96. The van der Waals surface area contributed by atoms with Crippen LogP contribution in [0.4, 0.5) is 5.69 Å². The van der Waals surface area contributed by atoms with Gasteiger partial charge in [-0.25, -0.2) is 0 Å². The van der Waals surface area contributed by atoms with Crippen LogP contribution in [0.1, 0.15) is 20.8 Å². The Labute approximate surface area is 104 Å². The number of piperazine rings is 1. The van der Waals surface area contributed by atoms with E-state index in [4.69, 9.17) is 4.74 Å². The van der Waals surface area contributed by atoms with Crippen LogP contribution in [-0.2, 0) is 0 Å². The van der Waals surface area contributed by atoms with Crippen molar-refractivity contribution in [2.45, 2.75) is 26.3 Å². The van der Waals surface area contributed by atoms with Gasteiger partial charge >= 0.3 is 0 Å². The molecule has 1 aliphatic heterocycles. The van der Waals surface area contributed by atoms with Gasteiger partial charge in [0.25, 0.3) is 0 Å². The van der Waals surface area contributed by atoms with Crippen molar-refractivity contribution in [3.05, 3.63) is 24.3 Å². The van der Waals surface area contributed by atoms with Gasteiger partial charge in [0.2, 0.25) is 0 Å². The SMILES string of the molecule is CCOc1ccc(N2CCNC(C)(C)C2)cc1. The lowest BCUT2D eigenvalue weighted by atomic mass is 10.0. The summed E-state index contributed by atoms with van der Waals surface area (Å²) in [5.74, 6) is 0.950. The van der Waals surface area contributed by atoms with E-state index in [-0.39, 0.29) is 5.54 Å². The minimum Gasteiger partial charge on any atom is -0.494 e. The molecular weight excluding hydrogens is 212 g/mol. The second-order valence-corrected chi connectivity index (χ2v) is 5.16. The summed E-state index contributed by atoms with van der Waals surface area (Å²) in [4.78, 5) is 2.42. The number of ether oxygens (including phenoxy) is 1. The zero-order valence-electron chi connectivity index (χ0n) is 11.0. The van der Waals surface area contributed by atoms with E-state index in [2.05, 4.69) is 36.2 Å². The second-order valence-electron chi connectivity index (χ2n) is 5.16. The first-order valence-electron chi connectivity index (χ1n) is 6.33. The van der Waals surface area contributed by atoms with Gasteiger partial charge in [-0.3, -0.25) is 0 Å². The quantitative estimate of drug-likeness (QED) is 0.868. The lowest BCUT2D eigenvalue weighted by molar-refractivity contribution is 0.340. The molecule has 1 aliphatic rings. The Morgan fingerprint density at radius 1 is 1.29 bits per heavy atom. The molecule has 0 saturated carbocycles. The summed E-state index contributed by atoms with van der Waals surface area (Å²) in [5.41, 5.74) is 1.47. The van der Waals surface area contributed by atoms with E-state index >= 15 is 0 Å². The number of nitrogens with one attached hydrogen (secondary N) is 1. The van der Waals surface area contributed by atoms with Crippen LogP contribution in [0, 0.1) is 0 Å². The normalized spacial score (nSPS) is 19.1. The average molecular weight is 234 g/mol. The maximum atomic E-state index is 5.46. The highest BCUT2D eigenvalue weighted by Gasteiger charge is 2.25. The largest absolute Gasteiger partial charge is 0.494 e. The molecule has 0 unspecified atom stereocenters. The van der Waals surface area contributed by atoms with Gasteiger partial charge in [0.1, 0.15) is 5.75 Å². The number of hydrogen-bond donors (Lipinski definition) is 1. The maximum Gasteiger partial charge on any atom is 0.119 e. The average Bonchev–Trinajstić information content (AvgIpc) is 2.29. The van der Waals surface area contributed by atoms with Crippen LogP contribution in [0.3, 0.4) is 0 Å². The Hall–Kier alpha value is -1.22. The lowest BCUT2D eigenvalue weighted by Gasteiger charge is -2.40. The summed E-state index contributed by atoms with van der Waals surface area (Å²) in [6.07, 6.45) is 0. The molecule has 1 heterocycles. The van der Waals surface area contributed by atoms with E-state index in [9.17, 15) is 0 Å². The standard InChI is InChI=1S/C14H22N2O/c1-4-17-13-7-5-12(6-8-13)16-10-9-15-14(2,3)11-16/h5-8,15H,4,9-11H2,1-3H3. The van der Waals surface area contributed by atoms with Crippen molar-refractivity contribution < 1.29 is 4.74 Å². The number of hydrogen-bond acceptors (Lipinski definition) is 3. The molecule has 3 nitrogen and oxygen atoms in total. The van der Waals surface area contributed by atoms with Crippen molar-refractivity contribution >= 4 is 5.69 Å². The van der Waals surface area contributed by atoms with Gasteiger partial charge in [0, 0.05) is 30.9 Å². The summed E-state index contributed by atoms with van der Waals surface area (Å²) >= 11 is 0. The number of rotatable bonds is 3. The molecule has 1 aromatic carbocycles. The van der Waals surface area contributed by atoms with Crippen molar-refractivity contribution in [2.75, 3.05) is 31.1 Å². The molecule has 0 bridgehead atoms. The van der Waals surface area contributed by atoms with Crippen LogP contribution >= 0.6 is 0 Å². The van der Waals surface area contributed by atoms with Crippen LogP contribution in [0.2, 0.25) is 0 Å². The van der Waals surface area contributed by atoms with Gasteiger partial charge in [-0.1, -0.05) is 0 Å². The van der Waals surface area contributed by atoms with Crippen LogP contribution < -0.4 is 15.0 Å². The number of benzene rings is 1. The fourth-order valence-electron chi connectivity index (χ4n) is 2.28. The smallest absolute Gasteiger partial charge is 0.119 e. The van der Waals surface area contributed by atoms with Gasteiger partial charge in [0.15, 0.2) is 0 Å². The van der Waals surface area contributed by atoms with Crippen molar-refractivity contribution in [3.8, 4) is 5.75 Å². The summed E-state index contributed by atoms with van der Waals surface area (Å²) in [6, 6.07) is 8.39. The number of anilines is 1. The molecule has 0 radical (unpaired) electrons. The van der Waals surface area contributed by atoms with Crippen LogP contribution in [-0.4, -0.2) is 31.8 Å². The predicted molar refractivity (Wildman–Crippen MR) is 71.9 cm³/mol. The minimum atomic E-state index is 0.191. The molecule has 1 N–H and O–H groups in total. The fourth-order valence-corrected chi connectivity index (χ4v) is 2.28. The Balaban J connectivity index is 2.06. The Morgan fingerprint density at radius 3 is 2.59 bits per heavy atom. The van der Waals surface area contributed by atoms with Gasteiger partial charge in [0.05, 0.1) is 6.61 Å². The molecule has 0 spiro atoms.